The van der Waals surface area contributed by atoms with Crippen LogP contribution in [0.15, 0.2) is 71.0 Å². The van der Waals surface area contributed by atoms with Gasteiger partial charge in [-0.3, -0.25) is 14.4 Å². The van der Waals surface area contributed by atoms with E-state index in [-0.39, 0.29) is 36.2 Å². The second-order valence-electron chi connectivity index (χ2n) is 16.8. The third kappa shape index (κ3) is 9.18. The van der Waals surface area contributed by atoms with E-state index in [1.54, 1.807) is 46.1 Å². The maximum absolute atomic E-state index is 14.6. The van der Waals surface area contributed by atoms with Crippen molar-refractivity contribution in [1.82, 2.24) is 24.9 Å². The van der Waals surface area contributed by atoms with E-state index in [9.17, 15) is 22.8 Å². The second kappa shape index (κ2) is 16.8. The van der Waals surface area contributed by atoms with Crippen LogP contribution in [0.4, 0.5) is 10.8 Å². The van der Waals surface area contributed by atoms with E-state index in [0.29, 0.717) is 46.0 Å². The predicted molar refractivity (Wildman–Crippen MR) is 229 cm³/mol. The minimum Gasteiger partial charge on any atom is -0.497 e. The van der Waals surface area contributed by atoms with Crippen LogP contribution in [0.5, 0.6) is 11.5 Å². The normalized spacial score (nSPS) is 23.7. The average Bonchev–Trinajstić information content (AvgIpc) is 3.45. The zero-order valence-electron chi connectivity index (χ0n) is 34.3. The van der Waals surface area contributed by atoms with Gasteiger partial charge in [0, 0.05) is 53.2 Å². The number of para-hydroxylation sites is 1. The fourth-order valence-electron chi connectivity index (χ4n) is 7.65. The molecule has 4 atom stereocenters. The Bertz CT molecular complexity index is 2370. The topological polar surface area (TPSA) is 181 Å². The van der Waals surface area contributed by atoms with Gasteiger partial charge in [0.05, 0.1) is 30.6 Å². The van der Waals surface area contributed by atoms with Crippen molar-refractivity contribution in [2.24, 2.45) is 11.3 Å². The SMILES string of the molecule is COc1ccc2c(O[C@@H]3C[C@@H](C(=O)N[C@]45CC4/C=C\CCCCCNc4ccccc4S(=O)(=O)NC5=O)N(C(=O)C(C)(C)C)C3)cc(-c3csc(NC(C)C)n3)nc2c1. The summed E-state index contributed by atoms with van der Waals surface area (Å²) in [5.74, 6) is -0.975. The number of anilines is 2. The van der Waals surface area contributed by atoms with Crippen molar-refractivity contribution in [2.45, 2.75) is 102 Å². The average molecular weight is 844 g/mol. The Morgan fingerprint density at radius 3 is 2.61 bits per heavy atom. The van der Waals surface area contributed by atoms with Crippen LogP contribution >= 0.6 is 11.3 Å². The fourth-order valence-corrected chi connectivity index (χ4v) is 9.73. The number of pyridine rings is 1. The molecule has 0 bridgehead atoms. The van der Waals surface area contributed by atoms with Gasteiger partial charge in [0.25, 0.3) is 15.9 Å². The molecule has 16 heteroatoms. The van der Waals surface area contributed by atoms with E-state index in [2.05, 4.69) is 20.7 Å². The number of thiazole rings is 1. The number of carbonyl (C=O) groups excluding carboxylic acids is 3. The van der Waals surface area contributed by atoms with E-state index in [4.69, 9.17) is 19.4 Å². The first kappa shape index (κ1) is 41.9. The Hall–Kier alpha value is -5.22. The summed E-state index contributed by atoms with van der Waals surface area (Å²) < 4.78 is 42.0. The van der Waals surface area contributed by atoms with Gasteiger partial charge in [0.15, 0.2) is 5.13 Å². The number of allylic oxidation sites excluding steroid dienone is 1. The van der Waals surface area contributed by atoms with Gasteiger partial charge in [-0.05, 0) is 63.8 Å². The van der Waals surface area contributed by atoms with Gasteiger partial charge in [-0.25, -0.2) is 23.1 Å². The van der Waals surface area contributed by atoms with Crippen molar-refractivity contribution >= 4 is 60.8 Å². The van der Waals surface area contributed by atoms with Crippen LogP contribution in [0.1, 0.15) is 73.1 Å². The third-order valence-corrected chi connectivity index (χ3v) is 13.0. The Kier molecular flexibility index (Phi) is 11.9. The Labute approximate surface area is 349 Å². The minimum atomic E-state index is -4.33. The zero-order chi connectivity index (χ0) is 42.1. The molecule has 7 rings (SSSR count). The number of aromatic nitrogens is 2. The molecule has 2 aromatic carbocycles. The Morgan fingerprint density at radius 1 is 1.05 bits per heavy atom. The molecule has 2 fully saturated rings. The molecule has 1 unspecified atom stereocenters. The molecule has 4 N–H and O–H groups in total. The summed E-state index contributed by atoms with van der Waals surface area (Å²) in [4.78, 5) is 53.9. The number of hydrogen-bond donors (Lipinski definition) is 4. The highest BCUT2D eigenvalue weighted by Gasteiger charge is 2.62. The van der Waals surface area contributed by atoms with Gasteiger partial charge in [-0.1, -0.05) is 51.5 Å². The molecular weight excluding hydrogens is 791 g/mol. The Balaban J connectivity index is 1.18. The summed E-state index contributed by atoms with van der Waals surface area (Å²) in [5, 5.41) is 12.9. The number of amides is 3. The lowest BCUT2D eigenvalue weighted by atomic mass is 9.94. The van der Waals surface area contributed by atoms with Crippen molar-refractivity contribution in [3.63, 3.8) is 0 Å². The standard InChI is InChI=1S/C43H53N7O7S2/c1-26(2)45-41-47-34(25-58-41)33-22-36(30-18-17-28(56-6)20-32(30)46-33)57-29-21-35(50(24-29)40(53)42(3,4)5)38(51)48-43-23-27(43)14-10-8-7-9-13-19-44-31-15-11-12-16-37(31)59(54,55)49-39(43)52/h10-12,14-18,20,22,25-27,29,35,44H,7-9,13,19,21,23-24H2,1-6H3,(H,45,47)(H,48,51)(H,49,52)/b14-10-/t27?,29-,35+,43-/m1/s1. The van der Waals surface area contributed by atoms with Crippen molar-refractivity contribution in [3.05, 3.63) is 66.1 Å². The first-order valence-corrected chi connectivity index (χ1v) is 22.5. The molecule has 0 radical (unpaired) electrons. The number of ether oxygens (including phenoxy) is 2. The largest absolute Gasteiger partial charge is 0.497 e. The number of carbonyl (C=O) groups is 3. The molecule has 314 valence electrons. The predicted octanol–water partition coefficient (Wildman–Crippen LogP) is 6.50. The molecule has 59 heavy (non-hydrogen) atoms. The molecule has 4 heterocycles. The van der Waals surface area contributed by atoms with Crippen LogP contribution in [-0.4, -0.2) is 84.9 Å². The molecule has 2 aromatic heterocycles. The third-order valence-electron chi connectivity index (χ3n) is 10.8. The number of methoxy groups -OCH3 is 1. The van der Waals surface area contributed by atoms with E-state index >= 15 is 0 Å². The summed E-state index contributed by atoms with van der Waals surface area (Å²) in [6.45, 7) is 10.1. The van der Waals surface area contributed by atoms with Crippen molar-refractivity contribution < 1.29 is 32.3 Å². The molecule has 1 saturated heterocycles. The quantitative estimate of drug-likeness (QED) is 0.142. The fraction of sp³-hybridized carbons (Fsp3) is 0.465. The number of nitrogens with one attached hydrogen (secondary N) is 4. The van der Waals surface area contributed by atoms with Crippen LogP contribution < -0.4 is 30.1 Å². The Morgan fingerprint density at radius 2 is 1.85 bits per heavy atom. The summed E-state index contributed by atoms with van der Waals surface area (Å²) in [5.41, 5.74) is -0.121. The van der Waals surface area contributed by atoms with Crippen molar-refractivity contribution in [3.8, 4) is 22.9 Å². The number of sulfonamides is 1. The molecular formula is C43H53N7O7S2. The molecule has 0 spiro atoms. The van der Waals surface area contributed by atoms with Crippen LogP contribution in [0.3, 0.4) is 0 Å². The number of nitrogens with zero attached hydrogens (tertiary/aromatic N) is 3. The van der Waals surface area contributed by atoms with E-state index < -0.39 is 50.9 Å². The van der Waals surface area contributed by atoms with E-state index in [1.165, 1.54) is 22.3 Å². The molecule has 1 aliphatic carbocycles. The second-order valence-corrected chi connectivity index (χ2v) is 19.3. The lowest BCUT2D eigenvalue weighted by Gasteiger charge is -2.31. The summed E-state index contributed by atoms with van der Waals surface area (Å²) >= 11 is 1.47. The van der Waals surface area contributed by atoms with Crippen LogP contribution in [0.25, 0.3) is 22.3 Å². The lowest BCUT2D eigenvalue weighted by molar-refractivity contribution is -0.145. The van der Waals surface area contributed by atoms with Gasteiger partial charge in [-0.15, -0.1) is 11.3 Å². The van der Waals surface area contributed by atoms with Gasteiger partial charge in [0.1, 0.15) is 39.8 Å². The van der Waals surface area contributed by atoms with Gasteiger partial charge in [-0.2, -0.15) is 0 Å². The molecule has 14 nitrogen and oxygen atoms in total. The smallest absolute Gasteiger partial charge is 0.266 e. The summed E-state index contributed by atoms with van der Waals surface area (Å²) in [6, 6.07) is 13.0. The van der Waals surface area contributed by atoms with Crippen LogP contribution in [-0.2, 0) is 24.4 Å². The first-order chi connectivity index (χ1) is 28.1. The van der Waals surface area contributed by atoms with E-state index in [0.717, 1.165) is 30.8 Å². The molecule has 3 aliphatic rings. The maximum atomic E-state index is 14.6. The highest BCUT2D eigenvalue weighted by molar-refractivity contribution is 7.90. The summed E-state index contributed by atoms with van der Waals surface area (Å²) in [6.07, 6.45) is 7.08. The van der Waals surface area contributed by atoms with Gasteiger partial charge >= 0.3 is 0 Å². The number of likely N-dealkylation sites (tertiary alicyclic amines) is 1. The first-order valence-electron chi connectivity index (χ1n) is 20.2. The number of benzene rings is 2. The highest BCUT2D eigenvalue weighted by Crippen LogP contribution is 2.46. The molecule has 2 aliphatic heterocycles. The van der Waals surface area contributed by atoms with Crippen LogP contribution in [0.2, 0.25) is 0 Å². The van der Waals surface area contributed by atoms with Gasteiger partial charge < -0.3 is 30.3 Å². The molecule has 1 saturated carbocycles. The van der Waals surface area contributed by atoms with Gasteiger partial charge in [0.2, 0.25) is 11.8 Å². The number of hydrogen-bond acceptors (Lipinski definition) is 12. The maximum Gasteiger partial charge on any atom is 0.266 e. The van der Waals surface area contributed by atoms with E-state index in [1.807, 2.05) is 55.6 Å². The number of rotatable bonds is 8. The monoisotopic (exact) mass is 843 g/mol. The molecule has 4 aromatic rings. The summed E-state index contributed by atoms with van der Waals surface area (Å²) in [7, 11) is -2.74. The zero-order valence-corrected chi connectivity index (χ0v) is 36.0. The number of fused-ring (bicyclic) bond motifs is 3. The minimum absolute atomic E-state index is 0.0529. The molecule has 3 amide bonds. The lowest BCUT2D eigenvalue weighted by Crippen LogP contribution is -2.57. The van der Waals surface area contributed by atoms with Crippen molar-refractivity contribution in [2.75, 3.05) is 30.8 Å². The van der Waals surface area contributed by atoms with Crippen molar-refractivity contribution in [1.29, 1.82) is 0 Å². The highest BCUT2D eigenvalue weighted by atomic mass is 32.2. The van der Waals surface area contributed by atoms with Crippen LogP contribution in [0, 0.1) is 11.3 Å².